The molecule has 0 aliphatic heterocycles. The zero-order valence-corrected chi connectivity index (χ0v) is 15.0. The molecule has 0 fully saturated rings. The predicted octanol–water partition coefficient (Wildman–Crippen LogP) is 9.48. The smallest absolute Gasteiger partial charge is 0.0493 e. The molecule has 3 aromatic carbocycles. The quantitative estimate of drug-likeness (QED) is 0.319. The van der Waals surface area contributed by atoms with E-state index in [-0.39, 0.29) is 29.7 Å². The van der Waals surface area contributed by atoms with Crippen molar-refractivity contribution in [2.24, 2.45) is 0 Å². The van der Waals surface area contributed by atoms with Crippen LogP contribution < -0.4 is 0 Å². The molecule has 4 aromatic rings. The minimum absolute atomic E-state index is 0. The maximum atomic E-state index is 2.54. The molecule has 4 rings (SSSR count). The summed E-state index contributed by atoms with van der Waals surface area (Å²) in [6.07, 6.45) is 2.33. The van der Waals surface area contributed by atoms with Crippen LogP contribution in [0.3, 0.4) is 0 Å². The first kappa shape index (κ1) is 26.5. The molecule has 0 bridgehead atoms. The number of para-hydroxylation sites is 2. The molecule has 0 aliphatic carbocycles. The summed E-state index contributed by atoms with van der Waals surface area (Å²) in [6.45, 7) is 4.67. The topological polar surface area (TPSA) is 4.93 Å². The number of hydrogen-bond acceptors (Lipinski definition) is 0. The molecular weight excluding hydrogens is 350 g/mol. The minimum Gasteiger partial charge on any atom is -0.338 e. The van der Waals surface area contributed by atoms with Gasteiger partial charge in [0.05, 0.1) is 0 Å². The Hall–Kier alpha value is -2.54. The highest BCUT2D eigenvalue weighted by atomic mass is 15.0. The van der Waals surface area contributed by atoms with Crippen molar-refractivity contribution in [1.29, 1.82) is 0 Å². The standard InChI is InChI=1S/C24H25N.4CH4/c1-3-19(20-11-5-4-6-12-20)17-18(2)25-23-15-9-7-13-21(23)22-14-8-10-16-24(22)25;;;;/h4-16,18-19H,3,17H2,1-2H3;4*1H4. The summed E-state index contributed by atoms with van der Waals surface area (Å²) < 4.78 is 2.54. The molecule has 1 nitrogen and oxygen atoms in total. The Labute approximate surface area is 179 Å². The summed E-state index contributed by atoms with van der Waals surface area (Å²) in [6, 6.07) is 29.0. The molecular formula is C28H41N. The van der Waals surface area contributed by atoms with Crippen LogP contribution in [0.25, 0.3) is 21.8 Å². The van der Waals surface area contributed by atoms with Crippen LogP contribution in [0.1, 0.15) is 73.9 Å². The van der Waals surface area contributed by atoms with Crippen molar-refractivity contribution in [3.63, 3.8) is 0 Å². The van der Waals surface area contributed by atoms with Gasteiger partial charge in [0.25, 0.3) is 0 Å². The Morgan fingerprint density at radius 1 is 0.655 bits per heavy atom. The fourth-order valence-electron chi connectivity index (χ4n) is 4.21. The van der Waals surface area contributed by atoms with E-state index >= 15 is 0 Å². The first-order chi connectivity index (χ1) is 12.3. The number of aromatic nitrogens is 1. The number of nitrogens with zero attached hydrogens (tertiary/aromatic N) is 1. The van der Waals surface area contributed by atoms with Gasteiger partial charge in [-0.15, -0.1) is 0 Å². The van der Waals surface area contributed by atoms with Gasteiger partial charge in [0.2, 0.25) is 0 Å². The summed E-state index contributed by atoms with van der Waals surface area (Å²) in [5, 5.41) is 2.72. The third-order valence-corrected chi connectivity index (χ3v) is 5.45. The molecule has 1 aromatic heterocycles. The van der Waals surface area contributed by atoms with Crippen molar-refractivity contribution in [3.05, 3.63) is 84.4 Å². The second kappa shape index (κ2) is 11.5. The molecule has 0 saturated heterocycles. The molecule has 2 atom stereocenters. The van der Waals surface area contributed by atoms with E-state index in [2.05, 4.69) is 97.3 Å². The fourth-order valence-corrected chi connectivity index (χ4v) is 4.21. The van der Waals surface area contributed by atoms with Gasteiger partial charge < -0.3 is 4.57 Å². The summed E-state index contributed by atoms with van der Waals surface area (Å²) in [5.41, 5.74) is 4.15. The monoisotopic (exact) mass is 391 g/mol. The number of rotatable bonds is 5. The van der Waals surface area contributed by atoms with E-state index in [1.165, 1.54) is 33.8 Å². The second-order valence-electron chi connectivity index (χ2n) is 7.00. The highest BCUT2D eigenvalue weighted by molar-refractivity contribution is 6.08. The van der Waals surface area contributed by atoms with Crippen molar-refractivity contribution in [2.75, 3.05) is 0 Å². The molecule has 0 amide bonds. The van der Waals surface area contributed by atoms with Gasteiger partial charge in [0.1, 0.15) is 0 Å². The summed E-state index contributed by atoms with van der Waals surface area (Å²) >= 11 is 0. The maximum Gasteiger partial charge on any atom is 0.0493 e. The average Bonchev–Trinajstić information content (AvgIpc) is 3.01. The van der Waals surface area contributed by atoms with Gasteiger partial charge in [-0.2, -0.15) is 0 Å². The number of hydrogen-bond donors (Lipinski definition) is 0. The van der Waals surface area contributed by atoms with E-state index in [0.29, 0.717) is 12.0 Å². The normalized spacial score (nSPS) is 12.1. The van der Waals surface area contributed by atoms with Crippen molar-refractivity contribution in [2.45, 2.75) is 68.4 Å². The lowest BCUT2D eigenvalue weighted by atomic mass is 9.90. The van der Waals surface area contributed by atoms with E-state index in [9.17, 15) is 0 Å². The first-order valence-corrected chi connectivity index (χ1v) is 9.32. The molecule has 0 radical (unpaired) electrons. The molecule has 29 heavy (non-hydrogen) atoms. The summed E-state index contributed by atoms with van der Waals surface area (Å²) in [7, 11) is 0. The SMILES string of the molecule is C.C.C.C.CCC(CC(C)n1c2ccccc2c2ccccc21)c1ccccc1. The molecule has 0 N–H and O–H groups in total. The lowest BCUT2D eigenvalue weighted by Crippen LogP contribution is -2.10. The van der Waals surface area contributed by atoms with Crippen molar-refractivity contribution < 1.29 is 0 Å². The van der Waals surface area contributed by atoms with E-state index in [1.807, 2.05) is 0 Å². The van der Waals surface area contributed by atoms with Gasteiger partial charge in [-0.1, -0.05) is 103 Å². The molecule has 0 aliphatic rings. The molecule has 158 valence electrons. The Morgan fingerprint density at radius 3 is 1.59 bits per heavy atom. The van der Waals surface area contributed by atoms with Crippen LogP contribution in [0.5, 0.6) is 0 Å². The Kier molecular flexibility index (Phi) is 10.5. The summed E-state index contributed by atoms with van der Waals surface area (Å²) in [5.74, 6) is 0.594. The Bertz CT molecular complexity index is 928. The highest BCUT2D eigenvalue weighted by Gasteiger charge is 2.18. The van der Waals surface area contributed by atoms with E-state index in [4.69, 9.17) is 0 Å². The molecule has 1 heteroatoms. The van der Waals surface area contributed by atoms with Gasteiger partial charge in [0, 0.05) is 27.8 Å². The second-order valence-corrected chi connectivity index (χ2v) is 7.00. The molecule has 2 unspecified atom stereocenters. The zero-order valence-electron chi connectivity index (χ0n) is 15.0. The van der Waals surface area contributed by atoms with Crippen LogP contribution in [-0.4, -0.2) is 4.57 Å². The van der Waals surface area contributed by atoms with E-state index in [1.54, 1.807) is 0 Å². The third-order valence-electron chi connectivity index (χ3n) is 5.45. The molecule has 0 spiro atoms. The van der Waals surface area contributed by atoms with E-state index in [0.717, 1.165) is 6.42 Å². The third kappa shape index (κ3) is 4.90. The van der Waals surface area contributed by atoms with Crippen LogP contribution in [-0.2, 0) is 0 Å². The Balaban J connectivity index is 0.00000196. The predicted molar refractivity (Wildman–Crippen MR) is 135 cm³/mol. The Morgan fingerprint density at radius 2 is 1.10 bits per heavy atom. The fraction of sp³-hybridized carbons (Fsp3) is 0.357. The lowest BCUT2D eigenvalue weighted by Gasteiger charge is -2.23. The average molecular weight is 392 g/mol. The van der Waals surface area contributed by atoms with Gasteiger partial charge in [-0.25, -0.2) is 0 Å². The molecule has 1 heterocycles. The summed E-state index contributed by atoms with van der Waals surface area (Å²) in [4.78, 5) is 0. The minimum atomic E-state index is 0. The number of fused-ring (bicyclic) bond motifs is 3. The molecule has 0 saturated carbocycles. The first-order valence-electron chi connectivity index (χ1n) is 9.32. The van der Waals surface area contributed by atoms with Crippen LogP contribution in [0, 0.1) is 0 Å². The maximum absolute atomic E-state index is 2.54. The highest BCUT2D eigenvalue weighted by Crippen LogP contribution is 2.36. The van der Waals surface area contributed by atoms with Gasteiger partial charge in [0.15, 0.2) is 0 Å². The van der Waals surface area contributed by atoms with E-state index < -0.39 is 0 Å². The van der Waals surface area contributed by atoms with Crippen LogP contribution >= 0.6 is 0 Å². The van der Waals surface area contributed by atoms with Crippen LogP contribution in [0.2, 0.25) is 0 Å². The largest absolute Gasteiger partial charge is 0.338 e. The van der Waals surface area contributed by atoms with Gasteiger partial charge in [-0.3, -0.25) is 0 Å². The van der Waals surface area contributed by atoms with Crippen LogP contribution in [0.15, 0.2) is 78.9 Å². The number of benzene rings is 3. The van der Waals surface area contributed by atoms with Gasteiger partial charge in [-0.05, 0) is 43.4 Å². The van der Waals surface area contributed by atoms with Crippen molar-refractivity contribution >= 4 is 21.8 Å². The lowest BCUT2D eigenvalue weighted by molar-refractivity contribution is 0.462. The zero-order chi connectivity index (χ0) is 17.2. The van der Waals surface area contributed by atoms with Crippen molar-refractivity contribution in [3.8, 4) is 0 Å². The van der Waals surface area contributed by atoms with Crippen molar-refractivity contribution in [1.82, 2.24) is 4.57 Å². The van der Waals surface area contributed by atoms with Gasteiger partial charge >= 0.3 is 0 Å². The van der Waals surface area contributed by atoms with Crippen LogP contribution in [0.4, 0.5) is 0 Å².